The molecule has 0 bridgehead atoms. The van der Waals surface area contributed by atoms with Crippen LogP contribution in [0, 0.1) is 0 Å². The van der Waals surface area contributed by atoms with E-state index in [2.05, 4.69) is 15.6 Å². The summed E-state index contributed by atoms with van der Waals surface area (Å²) in [6, 6.07) is 15.7. The maximum atomic E-state index is 12.2. The monoisotopic (exact) mass is 451 g/mol. The quantitative estimate of drug-likeness (QED) is 0.368. The molecule has 5 nitrogen and oxygen atoms in total. The van der Waals surface area contributed by atoms with Crippen LogP contribution in [-0.2, 0) is 9.59 Å². The Morgan fingerprint density at radius 3 is 2.71 bits per heavy atom. The number of hydrogen-bond donors (Lipinski definition) is 2. The summed E-state index contributed by atoms with van der Waals surface area (Å²) in [6.45, 7) is 0. The Morgan fingerprint density at radius 1 is 1.10 bits per heavy atom. The maximum absolute atomic E-state index is 12.2. The van der Waals surface area contributed by atoms with Crippen molar-refractivity contribution >= 4 is 56.9 Å². The highest BCUT2D eigenvalue weighted by Crippen LogP contribution is 2.31. The topological polar surface area (TPSA) is 71.1 Å². The van der Waals surface area contributed by atoms with E-state index in [1.807, 2.05) is 48.5 Å². The van der Waals surface area contributed by atoms with Crippen LogP contribution >= 0.6 is 23.1 Å². The fraction of sp³-hybridized carbons (Fsp3) is 0.292. The standard InChI is InChI=1S/C24H25N3O2S2/c28-22(14-11-17-7-3-1-4-8-17)26-19-12-13-20-21(15-19)31-24(27-20)30-16-23(29)25-18-9-5-2-6-10-18/h1,3-4,7-8,11-15,18H,2,5-6,9-10,16H2,(H,25,29)(H,26,28)/b14-11+. The van der Waals surface area contributed by atoms with Crippen molar-refractivity contribution in [2.24, 2.45) is 0 Å². The normalized spacial score (nSPS) is 14.7. The summed E-state index contributed by atoms with van der Waals surface area (Å²) < 4.78 is 1.85. The number of hydrogen-bond acceptors (Lipinski definition) is 5. The van der Waals surface area contributed by atoms with E-state index >= 15 is 0 Å². The first-order valence-corrected chi connectivity index (χ1v) is 12.3. The zero-order valence-electron chi connectivity index (χ0n) is 17.2. The number of nitrogens with zero attached hydrogens (tertiary/aromatic N) is 1. The Labute approximate surface area is 190 Å². The second kappa shape index (κ2) is 10.6. The molecule has 0 saturated heterocycles. The van der Waals surface area contributed by atoms with Gasteiger partial charge in [0.2, 0.25) is 11.8 Å². The zero-order valence-corrected chi connectivity index (χ0v) is 18.8. The number of carbonyl (C=O) groups is 2. The molecule has 1 aromatic heterocycles. The Bertz CT molecular complexity index is 1070. The SMILES string of the molecule is O=C(/C=C/c1ccccc1)Nc1ccc2nc(SCC(=O)NC3CCCCC3)sc2c1. The highest BCUT2D eigenvalue weighted by molar-refractivity contribution is 8.01. The number of benzene rings is 2. The van der Waals surface area contributed by atoms with Crippen molar-refractivity contribution in [1.82, 2.24) is 10.3 Å². The van der Waals surface area contributed by atoms with Gasteiger partial charge in [-0.3, -0.25) is 9.59 Å². The molecule has 1 saturated carbocycles. The van der Waals surface area contributed by atoms with Gasteiger partial charge >= 0.3 is 0 Å². The van der Waals surface area contributed by atoms with E-state index in [9.17, 15) is 9.59 Å². The number of rotatable bonds is 7. The molecule has 31 heavy (non-hydrogen) atoms. The average Bonchev–Trinajstić information content (AvgIpc) is 3.20. The van der Waals surface area contributed by atoms with Crippen LogP contribution in [0.15, 0.2) is 58.9 Å². The summed E-state index contributed by atoms with van der Waals surface area (Å²) in [5.41, 5.74) is 2.58. The van der Waals surface area contributed by atoms with Crippen LogP contribution < -0.4 is 10.6 Å². The molecule has 0 spiro atoms. The van der Waals surface area contributed by atoms with E-state index in [0.29, 0.717) is 11.8 Å². The molecule has 4 rings (SSSR count). The molecule has 7 heteroatoms. The minimum absolute atomic E-state index is 0.0781. The van der Waals surface area contributed by atoms with Crippen LogP contribution in [-0.4, -0.2) is 28.6 Å². The molecule has 3 aromatic rings. The number of nitrogens with one attached hydrogen (secondary N) is 2. The Balaban J connectivity index is 1.31. The molecule has 2 amide bonds. The lowest BCUT2D eigenvalue weighted by atomic mass is 9.95. The van der Waals surface area contributed by atoms with Gasteiger partial charge in [-0.2, -0.15) is 0 Å². The Kier molecular flexibility index (Phi) is 7.38. The van der Waals surface area contributed by atoms with Gasteiger partial charge in [-0.15, -0.1) is 11.3 Å². The summed E-state index contributed by atoms with van der Waals surface area (Å²) in [4.78, 5) is 29.0. The van der Waals surface area contributed by atoms with Gasteiger partial charge in [0, 0.05) is 17.8 Å². The molecule has 0 unspecified atom stereocenters. The highest BCUT2D eigenvalue weighted by Gasteiger charge is 2.16. The largest absolute Gasteiger partial charge is 0.353 e. The van der Waals surface area contributed by atoms with Gasteiger partial charge in [-0.1, -0.05) is 61.4 Å². The number of aromatic nitrogens is 1. The molecule has 160 valence electrons. The molecular formula is C24H25N3O2S2. The lowest BCUT2D eigenvalue weighted by Crippen LogP contribution is -2.37. The first-order valence-electron chi connectivity index (χ1n) is 10.5. The summed E-state index contributed by atoms with van der Waals surface area (Å²) in [6.07, 6.45) is 9.18. The van der Waals surface area contributed by atoms with Crippen LogP contribution in [0.3, 0.4) is 0 Å². The van der Waals surface area contributed by atoms with Gasteiger partial charge in [0.15, 0.2) is 4.34 Å². The third-order valence-corrected chi connectivity index (χ3v) is 7.32. The second-order valence-corrected chi connectivity index (χ2v) is 9.84. The van der Waals surface area contributed by atoms with Gasteiger partial charge in [-0.05, 0) is 42.7 Å². The number of carbonyl (C=O) groups excluding carboxylic acids is 2. The van der Waals surface area contributed by atoms with E-state index < -0.39 is 0 Å². The van der Waals surface area contributed by atoms with Crippen molar-refractivity contribution in [2.75, 3.05) is 11.1 Å². The predicted molar refractivity (Wildman–Crippen MR) is 129 cm³/mol. The Hall–Kier alpha value is -2.64. The summed E-state index contributed by atoms with van der Waals surface area (Å²) >= 11 is 3.00. The first kappa shape index (κ1) is 21.6. The third-order valence-electron chi connectivity index (χ3n) is 5.16. The fourth-order valence-electron chi connectivity index (χ4n) is 3.61. The van der Waals surface area contributed by atoms with Crippen molar-refractivity contribution < 1.29 is 9.59 Å². The minimum atomic E-state index is -0.179. The molecule has 1 fully saturated rings. The van der Waals surface area contributed by atoms with Gasteiger partial charge in [0.1, 0.15) is 0 Å². The molecule has 1 aliphatic rings. The number of thioether (sulfide) groups is 1. The summed E-state index contributed by atoms with van der Waals surface area (Å²) in [5, 5.41) is 6.03. The number of anilines is 1. The van der Waals surface area contributed by atoms with Crippen molar-refractivity contribution in [3.8, 4) is 0 Å². The van der Waals surface area contributed by atoms with Crippen LogP contribution in [0.4, 0.5) is 5.69 Å². The van der Waals surface area contributed by atoms with Crippen LogP contribution in [0.5, 0.6) is 0 Å². The van der Waals surface area contributed by atoms with Crippen LogP contribution in [0.25, 0.3) is 16.3 Å². The average molecular weight is 452 g/mol. The Morgan fingerprint density at radius 2 is 1.90 bits per heavy atom. The van der Waals surface area contributed by atoms with E-state index in [1.54, 1.807) is 6.08 Å². The number of amides is 2. The van der Waals surface area contributed by atoms with Crippen LogP contribution in [0.2, 0.25) is 0 Å². The molecule has 2 N–H and O–H groups in total. The van der Waals surface area contributed by atoms with Crippen molar-refractivity contribution in [3.05, 3.63) is 60.2 Å². The minimum Gasteiger partial charge on any atom is -0.353 e. The van der Waals surface area contributed by atoms with Gasteiger partial charge in [0.05, 0.1) is 16.0 Å². The molecule has 1 heterocycles. The summed E-state index contributed by atoms with van der Waals surface area (Å²) in [7, 11) is 0. The molecule has 0 radical (unpaired) electrons. The molecule has 1 aliphatic carbocycles. The van der Waals surface area contributed by atoms with Crippen molar-refractivity contribution in [2.45, 2.75) is 42.5 Å². The second-order valence-electron chi connectivity index (χ2n) is 7.59. The third kappa shape index (κ3) is 6.42. The molecule has 0 aliphatic heterocycles. The van der Waals surface area contributed by atoms with Gasteiger partial charge in [-0.25, -0.2) is 4.98 Å². The molecule has 0 atom stereocenters. The smallest absolute Gasteiger partial charge is 0.248 e. The highest BCUT2D eigenvalue weighted by atomic mass is 32.2. The summed E-state index contributed by atoms with van der Waals surface area (Å²) in [5.74, 6) is 0.278. The number of thiazole rings is 1. The first-order chi connectivity index (χ1) is 15.2. The molecular weight excluding hydrogens is 426 g/mol. The van der Waals surface area contributed by atoms with E-state index in [0.717, 1.165) is 38.6 Å². The lowest BCUT2D eigenvalue weighted by molar-refractivity contribution is -0.119. The lowest BCUT2D eigenvalue weighted by Gasteiger charge is -2.22. The van der Waals surface area contributed by atoms with E-state index in [-0.39, 0.29) is 11.8 Å². The van der Waals surface area contributed by atoms with E-state index in [4.69, 9.17) is 0 Å². The van der Waals surface area contributed by atoms with Gasteiger partial charge in [0.25, 0.3) is 0 Å². The fourth-order valence-corrected chi connectivity index (χ4v) is 5.53. The van der Waals surface area contributed by atoms with Crippen LogP contribution in [0.1, 0.15) is 37.7 Å². The number of fused-ring (bicyclic) bond motifs is 1. The van der Waals surface area contributed by atoms with Crippen molar-refractivity contribution in [1.29, 1.82) is 0 Å². The van der Waals surface area contributed by atoms with E-state index in [1.165, 1.54) is 48.4 Å². The van der Waals surface area contributed by atoms with Gasteiger partial charge < -0.3 is 10.6 Å². The zero-order chi connectivity index (χ0) is 21.5. The molecule has 2 aromatic carbocycles. The predicted octanol–water partition coefficient (Wildman–Crippen LogP) is 5.49. The maximum Gasteiger partial charge on any atom is 0.248 e. The van der Waals surface area contributed by atoms with Crippen molar-refractivity contribution in [3.63, 3.8) is 0 Å².